The Morgan fingerprint density at radius 3 is 2.68 bits per heavy atom. The van der Waals surface area contributed by atoms with Crippen LogP contribution in [-0.4, -0.2) is 41.0 Å². The largest absolute Gasteiger partial charge is 0.377 e. The van der Waals surface area contributed by atoms with Crippen LogP contribution in [0.15, 0.2) is 16.9 Å². The third-order valence-electron chi connectivity index (χ3n) is 3.90. The molecule has 0 saturated heterocycles. The van der Waals surface area contributed by atoms with Gasteiger partial charge in [-0.25, -0.2) is 0 Å². The van der Waals surface area contributed by atoms with Gasteiger partial charge in [0, 0.05) is 18.3 Å². The first kappa shape index (κ1) is 14.2. The van der Waals surface area contributed by atoms with Crippen molar-refractivity contribution in [2.24, 2.45) is 0 Å². The fourth-order valence-electron chi connectivity index (χ4n) is 2.36. The number of likely N-dealkylation sites (N-methyl/N-ethyl adjacent to an activating group) is 1. The molecule has 6 nitrogen and oxygen atoms in total. The molecule has 0 unspecified atom stereocenters. The molecule has 7 heteroatoms. The van der Waals surface area contributed by atoms with Gasteiger partial charge in [-0.15, -0.1) is 0 Å². The summed E-state index contributed by atoms with van der Waals surface area (Å²) in [6, 6.07) is 0. The zero-order chi connectivity index (χ0) is 14.0. The minimum absolute atomic E-state index is 0.00241. The Hall–Kier alpha value is -1.21. The first-order valence-electron chi connectivity index (χ1n) is 6.15. The Kier molecular flexibility index (Phi) is 4.05. The molecule has 1 heterocycles. The first-order chi connectivity index (χ1) is 8.96. The number of hydrogen-bond acceptors (Lipinski definition) is 5. The van der Waals surface area contributed by atoms with Gasteiger partial charge in [0.1, 0.15) is 11.9 Å². The van der Waals surface area contributed by atoms with Crippen LogP contribution in [0.4, 0.5) is 11.4 Å². The van der Waals surface area contributed by atoms with Gasteiger partial charge in [0.05, 0.1) is 9.40 Å². The van der Waals surface area contributed by atoms with Crippen LogP contribution in [0.25, 0.3) is 0 Å². The molecule has 0 bridgehead atoms. The van der Waals surface area contributed by atoms with Gasteiger partial charge in [-0.1, -0.05) is 0 Å². The Bertz CT molecular complexity index is 489. The molecule has 0 spiro atoms. The second kappa shape index (κ2) is 5.42. The van der Waals surface area contributed by atoms with E-state index in [1.807, 2.05) is 0 Å². The number of halogens is 1. The number of rotatable bonds is 5. The molecule has 0 aliphatic heterocycles. The van der Waals surface area contributed by atoms with E-state index in [0.717, 1.165) is 12.8 Å². The number of aromatic nitrogens is 1. The first-order valence-corrected chi connectivity index (χ1v) is 6.95. The van der Waals surface area contributed by atoms with Crippen LogP contribution in [-0.2, 0) is 0 Å². The van der Waals surface area contributed by atoms with Crippen molar-refractivity contribution in [1.29, 1.82) is 0 Å². The highest BCUT2D eigenvalue weighted by Gasteiger charge is 2.39. The van der Waals surface area contributed by atoms with Crippen molar-refractivity contribution in [1.82, 2.24) is 9.88 Å². The van der Waals surface area contributed by atoms with Crippen LogP contribution in [0, 0.1) is 10.1 Å². The molecule has 1 aromatic heterocycles. The number of nitrogens with zero attached hydrogens (tertiary/aromatic N) is 3. The van der Waals surface area contributed by atoms with E-state index >= 15 is 0 Å². The van der Waals surface area contributed by atoms with Crippen LogP contribution in [0.2, 0.25) is 0 Å². The number of hydrogen-bond donors (Lipinski definition) is 1. The average molecular weight is 329 g/mol. The Balaban J connectivity index is 2.17. The van der Waals surface area contributed by atoms with Gasteiger partial charge in [-0.2, -0.15) is 0 Å². The topological polar surface area (TPSA) is 71.3 Å². The van der Waals surface area contributed by atoms with Crippen LogP contribution in [0.5, 0.6) is 0 Å². The molecule has 1 aromatic rings. The fraction of sp³-hybridized carbons (Fsp3) is 0.583. The molecule has 0 aromatic carbocycles. The maximum absolute atomic E-state index is 11.0. The number of anilines is 1. The van der Waals surface area contributed by atoms with Crippen molar-refractivity contribution in [2.45, 2.75) is 24.8 Å². The van der Waals surface area contributed by atoms with Crippen molar-refractivity contribution in [3.05, 3.63) is 27.0 Å². The van der Waals surface area contributed by atoms with Crippen molar-refractivity contribution in [3.8, 4) is 0 Å². The van der Waals surface area contributed by atoms with E-state index in [-0.39, 0.29) is 11.2 Å². The van der Waals surface area contributed by atoms with Gasteiger partial charge in [0.25, 0.3) is 0 Å². The second-order valence-electron chi connectivity index (χ2n) is 5.10. The summed E-state index contributed by atoms with van der Waals surface area (Å²) >= 11 is 3.32. The van der Waals surface area contributed by atoms with Crippen molar-refractivity contribution in [2.75, 3.05) is 26.0 Å². The molecule has 2 rings (SSSR count). The number of nitrogens with one attached hydrogen (secondary N) is 1. The van der Waals surface area contributed by atoms with E-state index in [1.165, 1.54) is 12.6 Å². The lowest BCUT2D eigenvalue weighted by Crippen LogP contribution is -2.54. The molecule has 1 N–H and O–H groups in total. The van der Waals surface area contributed by atoms with Crippen molar-refractivity contribution < 1.29 is 4.92 Å². The maximum atomic E-state index is 11.0. The lowest BCUT2D eigenvalue weighted by Gasteiger charge is -2.47. The summed E-state index contributed by atoms with van der Waals surface area (Å²) in [7, 11) is 4.10. The van der Waals surface area contributed by atoms with Crippen LogP contribution < -0.4 is 5.32 Å². The van der Waals surface area contributed by atoms with E-state index in [9.17, 15) is 10.1 Å². The molecule has 1 aliphatic carbocycles. The summed E-state index contributed by atoms with van der Waals surface area (Å²) in [5.74, 6) is 0. The highest BCUT2D eigenvalue weighted by Crippen LogP contribution is 2.38. The molecule has 1 saturated carbocycles. The maximum Gasteiger partial charge on any atom is 0.311 e. The Morgan fingerprint density at radius 1 is 1.53 bits per heavy atom. The molecule has 0 radical (unpaired) electrons. The van der Waals surface area contributed by atoms with Crippen LogP contribution in [0.1, 0.15) is 19.3 Å². The molecule has 1 fully saturated rings. The lowest BCUT2D eigenvalue weighted by atomic mass is 9.75. The SMILES string of the molecule is CN(C)C1(CNc2c(Br)cncc2[N+](=O)[O-])CCC1. The quantitative estimate of drug-likeness (QED) is 0.664. The predicted octanol–water partition coefficient (Wildman–Crippen LogP) is 2.65. The monoisotopic (exact) mass is 328 g/mol. The minimum Gasteiger partial charge on any atom is -0.377 e. The summed E-state index contributed by atoms with van der Waals surface area (Å²) < 4.78 is 0.620. The summed E-state index contributed by atoms with van der Waals surface area (Å²) in [6.07, 6.45) is 6.28. The lowest BCUT2D eigenvalue weighted by molar-refractivity contribution is -0.384. The molecule has 1 aliphatic rings. The van der Waals surface area contributed by atoms with E-state index in [4.69, 9.17) is 0 Å². The second-order valence-corrected chi connectivity index (χ2v) is 5.95. The minimum atomic E-state index is -0.413. The average Bonchev–Trinajstić information content (AvgIpc) is 2.28. The van der Waals surface area contributed by atoms with Gasteiger partial charge in [0.2, 0.25) is 0 Å². The van der Waals surface area contributed by atoms with Crippen molar-refractivity contribution in [3.63, 3.8) is 0 Å². The van der Waals surface area contributed by atoms with E-state index in [0.29, 0.717) is 16.7 Å². The third-order valence-corrected chi connectivity index (χ3v) is 4.50. The van der Waals surface area contributed by atoms with E-state index < -0.39 is 4.92 Å². The number of pyridine rings is 1. The Morgan fingerprint density at radius 2 is 2.21 bits per heavy atom. The summed E-state index contributed by atoms with van der Waals surface area (Å²) in [4.78, 5) is 16.6. The highest BCUT2D eigenvalue weighted by molar-refractivity contribution is 9.10. The van der Waals surface area contributed by atoms with Gasteiger partial charge in [0.15, 0.2) is 0 Å². The van der Waals surface area contributed by atoms with Gasteiger partial charge in [-0.3, -0.25) is 15.1 Å². The zero-order valence-corrected chi connectivity index (χ0v) is 12.6. The molecule has 0 amide bonds. The molecular formula is C12H17BrN4O2. The normalized spacial score (nSPS) is 17.1. The summed E-state index contributed by atoms with van der Waals surface area (Å²) in [5, 5.41) is 14.2. The zero-order valence-electron chi connectivity index (χ0n) is 11.0. The molecule has 19 heavy (non-hydrogen) atoms. The molecule has 0 atom stereocenters. The van der Waals surface area contributed by atoms with Gasteiger partial charge in [-0.05, 0) is 49.3 Å². The standard InChI is InChI=1S/C12H17BrN4O2/c1-16(2)12(4-3-5-12)8-15-11-9(13)6-14-7-10(11)17(18)19/h6-7H,3-5,8H2,1-2H3,(H,14,15). The van der Waals surface area contributed by atoms with Gasteiger partial charge >= 0.3 is 5.69 Å². The summed E-state index contributed by atoms with van der Waals surface area (Å²) in [6.45, 7) is 0.698. The molecule has 104 valence electrons. The third kappa shape index (κ3) is 2.71. The summed E-state index contributed by atoms with van der Waals surface area (Å²) in [5.41, 5.74) is 0.618. The number of nitro groups is 1. The van der Waals surface area contributed by atoms with Crippen LogP contribution in [0.3, 0.4) is 0 Å². The van der Waals surface area contributed by atoms with E-state index in [1.54, 1.807) is 6.20 Å². The van der Waals surface area contributed by atoms with Crippen LogP contribution >= 0.6 is 15.9 Å². The highest BCUT2D eigenvalue weighted by atomic mass is 79.9. The van der Waals surface area contributed by atoms with Crippen molar-refractivity contribution >= 4 is 27.3 Å². The van der Waals surface area contributed by atoms with Gasteiger partial charge < -0.3 is 10.2 Å². The smallest absolute Gasteiger partial charge is 0.311 e. The predicted molar refractivity (Wildman–Crippen MR) is 77.4 cm³/mol. The molecular weight excluding hydrogens is 312 g/mol. The fourth-order valence-corrected chi connectivity index (χ4v) is 2.82. The Labute approximate surface area is 120 Å². The van der Waals surface area contributed by atoms with E-state index in [2.05, 4.69) is 45.2 Å².